The Kier molecular flexibility index (Phi) is 6.00. The van der Waals surface area contributed by atoms with E-state index in [-0.39, 0.29) is 6.04 Å². The number of benzene rings is 2. The van der Waals surface area contributed by atoms with Gasteiger partial charge in [0.25, 0.3) is 0 Å². The van der Waals surface area contributed by atoms with Crippen LogP contribution in [0.15, 0.2) is 42.5 Å². The molecule has 0 saturated heterocycles. The van der Waals surface area contributed by atoms with Crippen LogP contribution in [0.2, 0.25) is 0 Å². The van der Waals surface area contributed by atoms with E-state index in [0.717, 1.165) is 16.9 Å². The van der Waals surface area contributed by atoms with Gasteiger partial charge in [0.1, 0.15) is 11.5 Å². The predicted molar refractivity (Wildman–Crippen MR) is 95.9 cm³/mol. The number of carbonyl (C=O) groups is 2. The second-order valence-electron chi connectivity index (χ2n) is 5.63. The minimum Gasteiger partial charge on any atom is -0.497 e. The highest BCUT2D eigenvalue weighted by Crippen LogP contribution is 2.25. The molecule has 0 spiro atoms. The van der Waals surface area contributed by atoms with Gasteiger partial charge in [-0.2, -0.15) is 0 Å². The lowest BCUT2D eigenvalue weighted by Gasteiger charge is -2.15. The summed E-state index contributed by atoms with van der Waals surface area (Å²) in [4.78, 5) is 24.3. The second-order valence-corrected chi connectivity index (χ2v) is 5.63. The summed E-state index contributed by atoms with van der Waals surface area (Å²) in [5.41, 5.74) is 2.28. The molecule has 1 atom stereocenters. The van der Waals surface area contributed by atoms with Crippen molar-refractivity contribution in [1.82, 2.24) is 5.32 Å². The number of amides is 2. The molecular formula is C19H22N2O4. The van der Waals surface area contributed by atoms with Crippen LogP contribution in [0.25, 0.3) is 0 Å². The molecule has 0 aliphatic rings. The van der Waals surface area contributed by atoms with Crippen molar-refractivity contribution in [2.24, 2.45) is 0 Å². The number of anilines is 1. The normalized spacial score (nSPS) is 11.4. The van der Waals surface area contributed by atoms with Crippen LogP contribution in [0.5, 0.6) is 11.5 Å². The van der Waals surface area contributed by atoms with E-state index in [2.05, 4.69) is 10.6 Å². The molecule has 0 aliphatic heterocycles. The lowest BCUT2D eigenvalue weighted by atomic mass is 10.1. The topological polar surface area (TPSA) is 76.7 Å². The summed E-state index contributed by atoms with van der Waals surface area (Å²) in [6, 6.07) is 12.3. The van der Waals surface area contributed by atoms with Crippen molar-refractivity contribution in [3.63, 3.8) is 0 Å². The number of rotatable bonds is 5. The molecule has 2 aromatic carbocycles. The molecule has 2 rings (SSSR count). The molecule has 25 heavy (non-hydrogen) atoms. The van der Waals surface area contributed by atoms with Gasteiger partial charge in [0.05, 0.1) is 25.9 Å². The molecule has 2 aromatic rings. The Bertz CT molecular complexity index is 757. The Hall–Kier alpha value is -3.02. The van der Waals surface area contributed by atoms with Gasteiger partial charge in [-0.25, -0.2) is 0 Å². The molecule has 0 fully saturated rings. The van der Waals surface area contributed by atoms with Crippen LogP contribution < -0.4 is 20.1 Å². The van der Waals surface area contributed by atoms with E-state index in [1.165, 1.54) is 7.11 Å². The van der Waals surface area contributed by atoms with Crippen molar-refractivity contribution >= 4 is 17.5 Å². The highest BCUT2D eigenvalue weighted by molar-refractivity contribution is 6.39. The fourth-order valence-corrected chi connectivity index (χ4v) is 2.34. The van der Waals surface area contributed by atoms with Gasteiger partial charge >= 0.3 is 11.8 Å². The molecule has 0 aliphatic carbocycles. The molecule has 6 heteroatoms. The second kappa shape index (κ2) is 8.19. The first-order valence-corrected chi connectivity index (χ1v) is 7.85. The molecular weight excluding hydrogens is 320 g/mol. The summed E-state index contributed by atoms with van der Waals surface area (Å²) in [6.45, 7) is 3.70. The number of methoxy groups -OCH3 is 2. The average molecular weight is 342 g/mol. The van der Waals surface area contributed by atoms with E-state index >= 15 is 0 Å². The number of nitrogens with one attached hydrogen (secondary N) is 2. The number of ether oxygens (including phenoxy) is 2. The third kappa shape index (κ3) is 4.73. The Morgan fingerprint density at radius 1 is 0.960 bits per heavy atom. The Balaban J connectivity index is 2.02. The quantitative estimate of drug-likeness (QED) is 0.819. The van der Waals surface area contributed by atoms with Crippen LogP contribution >= 0.6 is 0 Å². The maximum absolute atomic E-state index is 12.2. The molecule has 2 amide bonds. The van der Waals surface area contributed by atoms with E-state index in [4.69, 9.17) is 9.47 Å². The third-order valence-electron chi connectivity index (χ3n) is 3.77. The first-order chi connectivity index (χ1) is 11.9. The zero-order chi connectivity index (χ0) is 18.4. The molecule has 0 radical (unpaired) electrons. The lowest BCUT2D eigenvalue weighted by Crippen LogP contribution is -2.37. The summed E-state index contributed by atoms with van der Waals surface area (Å²) in [5, 5.41) is 5.25. The van der Waals surface area contributed by atoms with Crippen LogP contribution in [0, 0.1) is 6.92 Å². The minimum absolute atomic E-state index is 0.316. The number of hydrogen-bond acceptors (Lipinski definition) is 4. The molecule has 0 aromatic heterocycles. The zero-order valence-corrected chi connectivity index (χ0v) is 14.8. The largest absolute Gasteiger partial charge is 0.497 e. The maximum Gasteiger partial charge on any atom is 0.313 e. The van der Waals surface area contributed by atoms with Crippen LogP contribution in [0.3, 0.4) is 0 Å². The van der Waals surface area contributed by atoms with Gasteiger partial charge in [-0.3, -0.25) is 9.59 Å². The standard InChI is InChI=1S/C19H22N2O4/c1-12-5-10-17(25-4)16(11-12)21-19(23)18(22)20-13(2)14-6-8-15(24-3)9-7-14/h5-11,13H,1-4H3,(H,20,22)(H,21,23). The van der Waals surface area contributed by atoms with Gasteiger partial charge in [0.2, 0.25) is 0 Å². The van der Waals surface area contributed by atoms with Crippen LogP contribution in [-0.4, -0.2) is 26.0 Å². The summed E-state index contributed by atoms with van der Waals surface area (Å²) in [7, 11) is 3.09. The molecule has 2 N–H and O–H groups in total. The number of carbonyl (C=O) groups excluding carboxylic acids is 2. The highest BCUT2D eigenvalue weighted by Gasteiger charge is 2.18. The molecule has 1 unspecified atom stereocenters. The van der Waals surface area contributed by atoms with Gasteiger partial charge < -0.3 is 20.1 Å². The van der Waals surface area contributed by atoms with Crippen LogP contribution in [-0.2, 0) is 9.59 Å². The van der Waals surface area contributed by atoms with Gasteiger partial charge in [-0.05, 0) is 49.2 Å². The summed E-state index contributed by atoms with van der Waals surface area (Å²) >= 11 is 0. The fraction of sp³-hybridized carbons (Fsp3) is 0.263. The first-order valence-electron chi connectivity index (χ1n) is 7.85. The van der Waals surface area contributed by atoms with E-state index in [1.807, 2.05) is 25.1 Å². The number of aryl methyl sites for hydroxylation is 1. The van der Waals surface area contributed by atoms with E-state index in [1.54, 1.807) is 38.3 Å². The van der Waals surface area contributed by atoms with Crippen molar-refractivity contribution < 1.29 is 19.1 Å². The van der Waals surface area contributed by atoms with Crippen LogP contribution in [0.1, 0.15) is 24.1 Å². The molecule has 6 nitrogen and oxygen atoms in total. The Morgan fingerprint density at radius 3 is 2.24 bits per heavy atom. The third-order valence-corrected chi connectivity index (χ3v) is 3.77. The van der Waals surface area contributed by atoms with Crippen molar-refractivity contribution in [2.45, 2.75) is 19.9 Å². The van der Waals surface area contributed by atoms with Crippen molar-refractivity contribution in [3.05, 3.63) is 53.6 Å². The Morgan fingerprint density at radius 2 is 1.64 bits per heavy atom. The van der Waals surface area contributed by atoms with Crippen LogP contribution in [0.4, 0.5) is 5.69 Å². The molecule has 0 saturated carbocycles. The van der Waals surface area contributed by atoms with Crippen molar-refractivity contribution in [3.8, 4) is 11.5 Å². The summed E-state index contributed by atoms with van der Waals surface area (Å²) in [5.74, 6) is -0.238. The first kappa shape index (κ1) is 18.3. The van der Waals surface area contributed by atoms with Gasteiger partial charge in [-0.15, -0.1) is 0 Å². The van der Waals surface area contributed by atoms with Crippen molar-refractivity contribution in [1.29, 1.82) is 0 Å². The maximum atomic E-state index is 12.2. The number of hydrogen-bond donors (Lipinski definition) is 2. The molecule has 0 heterocycles. The van der Waals surface area contributed by atoms with Crippen molar-refractivity contribution in [2.75, 3.05) is 19.5 Å². The van der Waals surface area contributed by atoms with Gasteiger partial charge in [0, 0.05) is 0 Å². The monoisotopic (exact) mass is 342 g/mol. The summed E-state index contributed by atoms with van der Waals surface area (Å²) in [6.07, 6.45) is 0. The molecule has 0 bridgehead atoms. The Labute approximate surface area is 147 Å². The minimum atomic E-state index is -0.746. The van der Waals surface area contributed by atoms with E-state index in [9.17, 15) is 9.59 Å². The summed E-state index contributed by atoms with van der Waals surface area (Å²) < 4.78 is 10.3. The predicted octanol–water partition coefficient (Wildman–Crippen LogP) is 2.83. The average Bonchev–Trinajstić information content (AvgIpc) is 2.61. The molecule has 132 valence electrons. The van der Waals surface area contributed by atoms with Gasteiger partial charge in [-0.1, -0.05) is 18.2 Å². The lowest BCUT2D eigenvalue weighted by molar-refractivity contribution is -0.136. The van der Waals surface area contributed by atoms with E-state index in [0.29, 0.717) is 11.4 Å². The smallest absolute Gasteiger partial charge is 0.313 e. The van der Waals surface area contributed by atoms with Gasteiger partial charge in [0.15, 0.2) is 0 Å². The van der Waals surface area contributed by atoms with E-state index < -0.39 is 11.8 Å². The zero-order valence-electron chi connectivity index (χ0n) is 14.8. The SMILES string of the molecule is COc1ccc(C(C)NC(=O)C(=O)Nc2cc(C)ccc2OC)cc1. The fourth-order valence-electron chi connectivity index (χ4n) is 2.34. The highest BCUT2D eigenvalue weighted by atomic mass is 16.5.